The fraction of sp³-hybridized carbons (Fsp3) is 0.536. The second-order valence-corrected chi connectivity index (χ2v) is 9.15. The maximum absolute atomic E-state index is 11.9. The summed E-state index contributed by atoms with van der Waals surface area (Å²) in [5, 5.41) is 3.53. The van der Waals surface area contributed by atoms with Crippen LogP contribution >= 0.6 is 0 Å². The number of nitrogens with one attached hydrogen (secondary N) is 1. The fourth-order valence-corrected chi connectivity index (χ4v) is 4.78. The molecule has 0 aromatic heterocycles. The lowest BCUT2D eigenvalue weighted by Crippen LogP contribution is -2.32. The zero-order valence-electron chi connectivity index (χ0n) is 22.4. The van der Waals surface area contributed by atoms with Crippen molar-refractivity contribution in [1.82, 2.24) is 10.2 Å². The first-order chi connectivity index (χ1) is 17.4. The molecule has 1 aliphatic rings. The van der Waals surface area contributed by atoms with Crippen molar-refractivity contribution in [3.05, 3.63) is 46.5 Å². The number of carbonyl (C=O) groups is 1. The number of hydrogen-bond donors (Lipinski definition) is 1. The van der Waals surface area contributed by atoms with Gasteiger partial charge in [0.05, 0.1) is 42.0 Å². The van der Waals surface area contributed by atoms with Crippen LogP contribution in [0.15, 0.2) is 24.3 Å². The van der Waals surface area contributed by atoms with Gasteiger partial charge < -0.3 is 33.9 Å². The van der Waals surface area contributed by atoms with Crippen LogP contribution in [0.4, 0.5) is 0 Å². The number of ether oxygens (including phenoxy) is 5. The Morgan fingerprint density at radius 2 is 1.50 bits per heavy atom. The summed E-state index contributed by atoms with van der Waals surface area (Å²) in [5.41, 5.74) is 4.68. The molecular weight excluding hydrogens is 460 g/mol. The molecule has 1 aliphatic carbocycles. The lowest BCUT2D eigenvalue weighted by molar-refractivity contribution is -0.139. The zero-order chi connectivity index (χ0) is 26.1. The van der Waals surface area contributed by atoms with Crippen LogP contribution in [-0.4, -0.2) is 79.6 Å². The van der Waals surface area contributed by atoms with Gasteiger partial charge in [0, 0.05) is 12.5 Å². The summed E-state index contributed by atoms with van der Waals surface area (Å²) >= 11 is 0. The third-order valence-electron chi connectivity index (χ3n) is 6.82. The molecule has 0 amide bonds. The van der Waals surface area contributed by atoms with E-state index in [0.717, 1.165) is 68.1 Å². The van der Waals surface area contributed by atoms with Crippen molar-refractivity contribution in [3.8, 4) is 23.0 Å². The normalized spacial score (nSPS) is 14.1. The quantitative estimate of drug-likeness (QED) is 0.295. The Bertz CT molecular complexity index is 1030. The highest BCUT2D eigenvalue weighted by Crippen LogP contribution is 2.42. The molecule has 0 heterocycles. The van der Waals surface area contributed by atoms with Crippen LogP contribution in [0.25, 0.3) is 0 Å². The summed E-state index contributed by atoms with van der Waals surface area (Å²) < 4.78 is 26.6. The predicted molar refractivity (Wildman–Crippen MR) is 140 cm³/mol. The molecule has 0 saturated carbocycles. The first-order valence-corrected chi connectivity index (χ1v) is 12.4. The second kappa shape index (κ2) is 13.4. The highest BCUT2D eigenvalue weighted by molar-refractivity contribution is 5.73. The molecule has 36 heavy (non-hydrogen) atoms. The predicted octanol–water partition coefficient (Wildman–Crippen LogP) is 3.23. The molecule has 0 spiro atoms. The van der Waals surface area contributed by atoms with Crippen molar-refractivity contribution >= 4 is 5.97 Å². The molecule has 8 nitrogen and oxygen atoms in total. The molecule has 1 atom stereocenters. The summed E-state index contributed by atoms with van der Waals surface area (Å²) in [4.78, 5) is 14.3. The number of carbonyl (C=O) groups excluding carboxylic acids is 1. The Kier molecular flexibility index (Phi) is 10.3. The van der Waals surface area contributed by atoms with E-state index in [4.69, 9.17) is 23.7 Å². The van der Waals surface area contributed by atoms with Crippen LogP contribution in [0, 0.1) is 0 Å². The topological polar surface area (TPSA) is 78.5 Å². The number of fused-ring (bicyclic) bond motifs is 1. The fourth-order valence-electron chi connectivity index (χ4n) is 4.78. The van der Waals surface area contributed by atoms with E-state index in [2.05, 4.69) is 29.4 Å². The molecule has 0 fully saturated rings. The van der Waals surface area contributed by atoms with Crippen LogP contribution in [0.3, 0.4) is 0 Å². The van der Waals surface area contributed by atoms with Gasteiger partial charge in [-0.15, -0.1) is 0 Å². The van der Waals surface area contributed by atoms with Crippen LogP contribution in [0.5, 0.6) is 23.0 Å². The Hall–Kier alpha value is -2.97. The van der Waals surface area contributed by atoms with Gasteiger partial charge in [0.15, 0.2) is 23.0 Å². The van der Waals surface area contributed by atoms with E-state index in [0.29, 0.717) is 17.4 Å². The minimum atomic E-state index is -0.272. The number of hydrogen-bond acceptors (Lipinski definition) is 8. The van der Waals surface area contributed by atoms with E-state index in [1.54, 1.807) is 28.4 Å². The van der Waals surface area contributed by atoms with Gasteiger partial charge >= 0.3 is 5.97 Å². The highest BCUT2D eigenvalue weighted by atomic mass is 16.5. The minimum absolute atomic E-state index is 0.208. The van der Waals surface area contributed by atoms with Crippen molar-refractivity contribution in [2.45, 2.75) is 31.6 Å². The number of rotatable bonds is 15. The largest absolute Gasteiger partial charge is 0.493 e. The molecule has 0 saturated heterocycles. The van der Waals surface area contributed by atoms with E-state index in [9.17, 15) is 4.79 Å². The average Bonchev–Trinajstić information content (AvgIpc) is 2.88. The van der Waals surface area contributed by atoms with Gasteiger partial charge in [-0.05, 0) is 92.5 Å². The van der Waals surface area contributed by atoms with E-state index in [1.807, 2.05) is 12.1 Å². The number of methoxy groups -OCH3 is 5. The first kappa shape index (κ1) is 27.6. The van der Waals surface area contributed by atoms with Crippen molar-refractivity contribution in [3.63, 3.8) is 0 Å². The smallest absolute Gasteiger partial charge is 0.309 e. The highest BCUT2D eigenvalue weighted by Gasteiger charge is 2.29. The molecule has 0 bridgehead atoms. The van der Waals surface area contributed by atoms with Crippen molar-refractivity contribution in [2.24, 2.45) is 0 Å². The number of likely N-dealkylation sites (N-methyl/N-ethyl adjacent to an activating group) is 1. The summed E-state index contributed by atoms with van der Waals surface area (Å²) in [6.07, 6.45) is 3.13. The van der Waals surface area contributed by atoms with Crippen LogP contribution in [-0.2, 0) is 28.8 Å². The lowest BCUT2D eigenvalue weighted by atomic mass is 9.77. The molecule has 3 rings (SSSR count). The van der Waals surface area contributed by atoms with Gasteiger partial charge in [-0.1, -0.05) is 0 Å². The molecule has 1 unspecified atom stereocenters. The minimum Gasteiger partial charge on any atom is -0.493 e. The van der Waals surface area contributed by atoms with Crippen molar-refractivity contribution in [1.29, 1.82) is 0 Å². The summed E-state index contributed by atoms with van der Waals surface area (Å²) in [6, 6.07) is 8.04. The Balaban J connectivity index is 1.43. The van der Waals surface area contributed by atoms with Gasteiger partial charge in [0.2, 0.25) is 0 Å². The van der Waals surface area contributed by atoms with Crippen molar-refractivity contribution in [2.75, 3.05) is 68.8 Å². The standard InChI is InChI=1S/C28H40N2O6/c1-30(18-22-12-21-15-26(34-4)27(35-5)17-23(21)22)11-7-9-29-10-8-19-13-24(32-2)25(33-3)14-20(19)16-28(31)36-6/h13-15,17,22,29H,7-12,16,18H2,1-6H3. The van der Waals surface area contributed by atoms with Gasteiger partial charge in [0.25, 0.3) is 0 Å². The van der Waals surface area contributed by atoms with E-state index >= 15 is 0 Å². The van der Waals surface area contributed by atoms with E-state index in [1.165, 1.54) is 18.2 Å². The maximum Gasteiger partial charge on any atom is 0.309 e. The maximum atomic E-state index is 11.9. The SMILES string of the molecule is COC(=O)Cc1cc(OC)c(OC)cc1CCNCCCN(C)CC1Cc2cc(OC)c(OC)cc21. The van der Waals surface area contributed by atoms with Crippen LogP contribution in [0.2, 0.25) is 0 Å². The molecule has 0 radical (unpaired) electrons. The zero-order valence-corrected chi connectivity index (χ0v) is 22.4. The van der Waals surface area contributed by atoms with Crippen molar-refractivity contribution < 1.29 is 28.5 Å². The number of benzene rings is 2. The number of esters is 1. The van der Waals surface area contributed by atoms with E-state index in [-0.39, 0.29) is 12.4 Å². The lowest BCUT2D eigenvalue weighted by Gasteiger charge is -2.34. The Morgan fingerprint density at radius 3 is 2.14 bits per heavy atom. The van der Waals surface area contributed by atoms with E-state index < -0.39 is 0 Å². The molecule has 198 valence electrons. The monoisotopic (exact) mass is 500 g/mol. The van der Waals surface area contributed by atoms with Gasteiger partial charge in [-0.2, -0.15) is 0 Å². The average molecular weight is 501 g/mol. The number of nitrogens with zero attached hydrogens (tertiary/aromatic N) is 1. The summed E-state index contributed by atoms with van der Waals surface area (Å²) in [6.45, 7) is 3.79. The second-order valence-electron chi connectivity index (χ2n) is 9.15. The Labute approximate surface area is 214 Å². The molecule has 1 N–H and O–H groups in total. The van der Waals surface area contributed by atoms with Gasteiger partial charge in [-0.25, -0.2) is 0 Å². The Morgan fingerprint density at radius 1 is 0.889 bits per heavy atom. The van der Waals surface area contributed by atoms with Crippen LogP contribution in [0.1, 0.15) is 34.6 Å². The van der Waals surface area contributed by atoms with Gasteiger partial charge in [0.1, 0.15) is 0 Å². The summed E-state index contributed by atoms with van der Waals surface area (Å²) in [5.74, 6) is 3.15. The van der Waals surface area contributed by atoms with Crippen LogP contribution < -0.4 is 24.3 Å². The molecule has 0 aliphatic heterocycles. The first-order valence-electron chi connectivity index (χ1n) is 12.4. The molecule has 2 aromatic rings. The summed E-state index contributed by atoms with van der Waals surface area (Å²) in [7, 11) is 10.2. The molecule has 2 aromatic carbocycles. The van der Waals surface area contributed by atoms with Gasteiger partial charge in [-0.3, -0.25) is 4.79 Å². The third kappa shape index (κ3) is 6.83. The molecule has 8 heteroatoms. The molecular formula is C28H40N2O6. The third-order valence-corrected chi connectivity index (χ3v) is 6.82.